The second kappa shape index (κ2) is 5.38. The van der Waals surface area contributed by atoms with Gasteiger partial charge >= 0.3 is 5.97 Å². The Morgan fingerprint density at radius 2 is 1.89 bits per heavy atom. The molecule has 1 aliphatic rings. The number of rotatable bonds is 4. The number of aliphatic carboxylic acids is 1. The van der Waals surface area contributed by atoms with Gasteiger partial charge < -0.3 is 9.94 Å². The van der Waals surface area contributed by atoms with E-state index in [9.17, 15) is 9.18 Å². The molecular formula is C14H16FNO3. The van der Waals surface area contributed by atoms with Gasteiger partial charge in [-0.15, -0.1) is 0 Å². The third-order valence-electron chi connectivity index (χ3n) is 3.34. The second-order valence-corrected chi connectivity index (χ2v) is 5.00. The fourth-order valence-corrected chi connectivity index (χ4v) is 2.19. The largest absolute Gasteiger partial charge is 0.476 e. The maximum absolute atomic E-state index is 12.8. The predicted molar refractivity (Wildman–Crippen MR) is 68.5 cm³/mol. The van der Waals surface area contributed by atoms with Gasteiger partial charge in [-0.1, -0.05) is 5.16 Å². The van der Waals surface area contributed by atoms with Crippen molar-refractivity contribution in [3.05, 3.63) is 35.6 Å². The van der Waals surface area contributed by atoms with Gasteiger partial charge in [-0.05, 0) is 56.9 Å². The van der Waals surface area contributed by atoms with Crippen LogP contribution in [0.2, 0.25) is 0 Å². The lowest BCUT2D eigenvalue weighted by molar-refractivity contribution is -0.129. The molecule has 0 aliphatic heterocycles. The molecule has 102 valence electrons. The summed E-state index contributed by atoms with van der Waals surface area (Å²) in [5.74, 6) is -1.61. The molecule has 0 spiro atoms. The Morgan fingerprint density at radius 3 is 2.42 bits per heavy atom. The number of carboxylic acid groups (broad SMARTS) is 1. The summed E-state index contributed by atoms with van der Waals surface area (Å²) in [4.78, 5) is 16.6. The van der Waals surface area contributed by atoms with Gasteiger partial charge in [-0.2, -0.15) is 0 Å². The molecule has 5 heteroatoms. The van der Waals surface area contributed by atoms with Crippen molar-refractivity contribution in [2.24, 2.45) is 5.16 Å². The Hall–Kier alpha value is -1.91. The number of hydrogen-bond acceptors (Lipinski definition) is 3. The van der Waals surface area contributed by atoms with Crippen molar-refractivity contribution < 1.29 is 19.1 Å². The van der Waals surface area contributed by atoms with Gasteiger partial charge in [0.15, 0.2) is 5.71 Å². The zero-order chi connectivity index (χ0) is 13.9. The first-order valence-electron chi connectivity index (χ1n) is 6.26. The van der Waals surface area contributed by atoms with Gasteiger partial charge in [-0.25, -0.2) is 9.18 Å². The van der Waals surface area contributed by atoms with Crippen LogP contribution in [-0.4, -0.2) is 22.4 Å². The molecular weight excluding hydrogens is 249 g/mol. The molecule has 1 aromatic carbocycles. The smallest absolute Gasteiger partial charge is 0.358 e. The number of halogens is 1. The van der Waals surface area contributed by atoms with E-state index in [1.165, 1.54) is 24.3 Å². The lowest BCUT2D eigenvalue weighted by Gasteiger charge is -2.20. The van der Waals surface area contributed by atoms with Crippen LogP contribution in [0.4, 0.5) is 4.39 Å². The Morgan fingerprint density at radius 1 is 1.32 bits per heavy atom. The summed E-state index contributed by atoms with van der Waals surface area (Å²) < 4.78 is 12.8. The van der Waals surface area contributed by atoms with Crippen molar-refractivity contribution >= 4 is 11.7 Å². The first-order valence-corrected chi connectivity index (χ1v) is 6.26. The molecule has 19 heavy (non-hydrogen) atoms. The summed E-state index contributed by atoms with van der Waals surface area (Å²) >= 11 is 0. The van der Waals surface area contributed by atoms with Crippen LogP contribution in [0.3, 0.4) is 0 Å². The molecule has 2 rings (SSSR count). The summed E-state index contributed by atoms with van der Waals surface area (Å²) in [6, 6.07) is 5.15. The van der Waals surface area contributed by atoms with Gasteiger partial charge in [0.2, 0.25) is 0 Å². The molecule has 1 aromatic rings. The van der Waals surface area contributed by atoms with E-state index in [2.05, 4.69) is 5.16 Å². The fraction of sp³-hybridized carbons (Fsp3) is 0.429. The van der Waals surface area contributed by atoms with Crippen molar-refractivity contribution in [3.8, 4) is 0 Å². The van der Waals surface area contributed by atoms with E-state index in [0.29, 0.717) is 5.56 Å². The summed E-state index contributed by atoms with van der Waals surface area (Å²) in [6.07, 6.45) is 3.86. The van der Waals surface area contributed by atoms with Gasteiger partial charge in [-0.3, -0.25) is 0 Å². The molecule has 0 aromatic heterocycles. The van der Waals surface area contributed by atoms with Crippen LogP contribution < -0.4 is 0 Å². The molecule has 0 amide bonds. The van der Waals surface area contributed by atoms with Gasteiger partial charge in [0.25, 0.3) is 0 Å². The maximum Gasteiger partial charge on any atom is 0.358 e. The topological polar surface area (TPSA) is 58.9 Å². The predicted octanol–water partition coefficient (Wildman–Crippen LogP) is 2.96. The highest BCUT2D eigenvalue weighted by molar-refractivity contribution is 6.42. The highest BCUT2D eigenvalue weighted by atomic mass is 19.1. The number of carboxylic acids is 1. The van der Waals surface area contributed by atoms with E-state index in [1.807, 2.05) is 6.92 Å². The Labute approximate surface area is 110 Å². The maximum atomic E-state index is 12.8. The number of hydrogen-bond donors (Lipinski definition) is 1. The molecule has 0 heterocycles. The van der Waals surface area contributed by atoms with Crippen LogP contribution in [-0.2, 0) is 9.63 Å². The number of nitrogens with zero attached hydrogens (tertiary/aromatic N) is 1. The Kier molecular flexibility index (Phi) is 3.83. The normalized spacial score (nSPS) is 18.3. The van der Waals surface area contributed by atoms with Crippen LogP contribution in [0, 0.1) is 5.82 Å². The zero-order valence-corrected chi connectivity index (χ0v) is 10.7. The fourth-order valence-electron chi connectivity index (χ4n) is 2.19. The van der Waals surface area contributed by atoms with E-state index < -0.39 is 11.8 Å². The first-order chi connectivity index (χ1) is 9.00. The van der Waals surface area contributed by atoms with Crippen molar-refractivity contribution in [2.75, 3.05) is 0 Å². The summed E-state index contributed by atoms with van der Waals surface area (Å²) in [5.41, 5.74) is -0.260. The monoisotopic (exact) mass is 265 g/mol. The van der Waals surface area contributed by atoms with Crippen LogP contribution in [0.15, 0.2) is 29.4 Å². The van der Waals surface area contributed by atoms with E-state index in [0.717, 1.165) is 25.7 Å². The van der Waals surface area contributed by atoms with Gasteiger partial charge in [0.1, 0.15) is 11.4 Å². The molecule has 1 saturated carbocycles. The van der Waals surface area contributed by atoms with E-state index >= 15 is 0 Å². The average molecular weight is 265 g/mol. The van der Waals surface area contributed by atoms with Crippen molar-refractivity contribution in [1.82, 2.24) is 0 Å². The molecule has 0 unspecified atom stereocenters. The molecule has 0 bridgehead atoms. The second-order valence-electron chi connectivity index (χ2n) is 5.00. The van der Waals surface area contributed by atoms with Crippen molar-refractivity contribution in [2.45, 2.75) is 38.2 Å². The molecule has 1 fully saturated rings. The van der Waals surface area contributed by atoms with E-state index in [4.69, 9.17) is 9.94 Å². The minimum absolute atomic E-state index is 0.201. The summed E-state index contributed by atoms with van der Waals surface area (Å²) in [7, 11) is 0. The lowest BCUT2D eigenvalue weighted by Crippen LogP contribution is -2.24. The van der Waals surface area contributed by atoms with Crippen molar-refractivity contribution in [3.63, 3.8) is 0 Å². The quantitative estimate of drug-likeness (QED) is 0.672. The number of oxime groups is 1. The molecule has 4 nitrogen and oxygen atoms in total. The highest BCUT2D eigenvalue weighted by Gasteiger charge is 2.31. The average Bonchev–Trinajstić information content (AvgIpc) is 2.78. The number of carbonyl (C=O) groups is 1. The van der Waals surface area contributed by atoms with Crippen LogP contribution >= 0.6 is 0 Å². The minimum atomic E-state index is -1.19. The van der Waals surface area contributed by atoms with E-state index in [1.54, 1.807) is 0 Å². The molecule has 0 saturated heterocycles. The van der Waals surface area contributed by atoms with Gasteiger partial charge in [0, 0.05) is 5.56 Å². The molecule has 1 N–H and O–H groups in total. The first kappa shape index (κ1) is 13.5. The third kappa shape index (κ3) is 3.30. The standard InChI is InChI=1S/C14H16FNO3/c1-14(8-2-3-9-14)19-16-12(13(17)18)10-4-6-11(15)7-5-10/h4-7H,2-3,8-9H2,1H3,(H,17,18)/b16-12-. The van der Waals surface area contributed by atoms with E-state index in [-0.39, 0.29) is 11.3 Å². The van der Waals surface area contributed by atoms with Crippen LogP contribution in [0.25, 0.3) is 0 Å². The Balaban J connectivity index is 2.20. The molecule has 0 atom stereocenters. The minimum Gasteiger partial charge on any atom is -0.476 e. The molecule has 0 radical (unpaired) electrons. The summed E-state index contributed by atoms with van der Waals surface area (Å²) in [5, 5.41) is 12.9. The molecule has 1 aliphatic carbocycles. The summed E-state index contributed by atoms with van der Waals surface area (Å²) in [6.45, 7) is 1.92. The third-order valence-corrected chi connectivity index (χ3v) is 3.34. The zero-order valence-electron chi connectivity index (χ0n) is 10.7. The van der Waals surface area contributed by atoms with Gasteiger partial charge in [0.05, 0.1) is 0 Å². The highest BCUT2D eigenvalue weighted by Crippen LogP contribution is 2.32. The van der Waals surface area contributed by atoms with Crippen molar-refractivity contribution in [1.29, 1.82) is 0 Å². The van der Waals surface area contributed by atoms with Crippen LogP contribution in [0.5, 0.6) is 0 Å². The van der Waals surface area contributed by atoms with Crippen LogP contribution in [0.1, 0.15) is 38.2 Å². The number of benzene rings is 1. The Bertz CT molecular complexity index is 490. The SMILES string of the molecule is CC1(O/N=C(\C(=O)O)c2ccc(F)cc2)CCCC1. The lowest BCUT2D eigenvalue weighted by atomic mass is 10.1.